The number of Topliss-reactive ketones (excluding diaryl/α,β-unsaturated/α-hetero) is 1. The van der Waals surface area contributed by atoms with Gasteiger partial charge in [-0.25, -0.2) is 0 Å². The highest BCUT2D eigenvalue weighted by molar-refractivity contribution is 5.95. The van der Waals surface area contributed by atoms with E-state index in [0.29, 0.717) is 32.1 Å². The van der Waals surface area contributed by atoms with Crippen LogP contribution in [-0.4, -0.2) is 34.0 Å². The summed E-state index contributed by atoms with van der Waals surface area (Å²) in [5.41, 5.74) is -0.877. The molecule has 0 aromatic heterocycles. The minimum Gasteiger partial charge on any atom is -0.389 e. The molecule has 1 aliphatic rings. The predicted octanol–water partition coefficient (Wildman–Crippen LogP) is 4.87. The number of hydrogen-bond donors (Lipinski definition) is 2. The molecular formula is C25H38O4. The average molecular weight is 403 g/mol. The second-order valence-electron chi connectivity index (χ2n) is 7.99. The third kappa shape index (κ3) is 10.00. The highest BCUT2D eigenvalue weighted by atomic mass is 16.3. The summed E-state index contributed by atoms with van der Waals surface area (Å²) >= 11 is 0. The SMILES string of the molecule is C=CC(O)(C/C=C/[C@H]1C=CC(=O)[C@@H]1C/C=C\CCCC(=O)CO)CCCCCC. The standard InChI is InChI=1S/C25H38O4/c1-3-5-6-11-18-25(29,4-2)19-12-13-21-16-17-24(28)23(21)15-10-8-7-9-14-22(27)20-26/h4,8,10,12-13,16-17,21,23,26,29H,2-3,5-7,9,11,14-15,18-20H2,1H3/b10-8-,13-12+/t21-,23+,25?/m0/s1. The highest BCUT2D eigenvalue weighted by Crippen LogP contribution is 2.28. The summed E-state index contributed by atoms with van der Waals surface area (Å²) in [7, 11) is 0. The molecule has 0 radical (unpaired) electrons. The van der Waals surface area contributed by atoms with Crippen molar-refractivity contribution in [1.82, 2.24) is 0 Å². The molecule has 1 aliphatic carbocycles. The first-order valence-corrected chi connectivity index (χ1v) is 11.0. The van der Waals surface area contributed by atoms with Crippen molar-refractivity contribution in [3.63, 3.8) is 0 Å². The summed E-state index contributed by atoms with van der Waals surface area (Å²) < 4.78 is 0. The fourth-order valence-electron chi connectivity index (χ4n) is 3.56. The van der Waals surface area contributed by atoms with E-state index in [1.807, 2.05) is 30.4 Å². The monoisotopic (exact) mass is 402 g/mol. The predicted molar refractivity (Wildman–Crippen MR) is 118 cm³/mol. The number of aliphatic hydroxyl groups is 2. The van der Waals surface area contributed by atoms with E-state index < -0.39 is 5.60 Å². The van der Waals surface area contributed by atoms with Crippen LogP contribution in [0.5, 0.6) is 0 Å². The fraction of sp³-hybridized carbons (Fsp3) is 0.600. The van der Waals surface area contributed by atoms with Crippen molar-refractivity contribution in [2.24, 2.45) is 11.8 Å². The van der Waals surface area contributed by atoms with Crippen LogP contribution in [0.15, 0.2) is 49.1 Å². The van der Waals surface area contributed by atoms with Gasteiger partial charge in [-0.3, -0.25) is 9.59 Å². The molecule has 4 heteroatoms. The molecule has 0 bridgehead atoms. The van der Waals surface area contributed by atoms with Crippen molar-refractivity contribution in [3.05, 3.63) is 49.1 Å². The van der Waals surface area contributed by atoms with Gasteiger partial charge in [0.05, 0.1) is 5.60 Å². The quantitative estimate of drug-likeness (QED) is 0.285. The van der Waals surface area contributed by atoms with Crippen molar-refractivity contribution in [1.29, 1.82) is 0 Å². The summed E-state index contributed by atoms with van der Waals surface area (Å²) in [5, 5.41) is 19.4. The van der Waals surface area contributed by atoms with Crippen LogP contribution >= 0.6 is 0 Å². The van der Waals surface area contributed by atoms with Gasteiger partial charge in [0.25, 0.3) is 0 Å². The van der Waals surface area contributed by atoms with Gasteiger partial charge in [-0.2, -0.15) is 0 Å². The normalized spacial score (nSPS) is 21.3. The Hall–Kier alpha value is -1.78. The lowest BCUT2D eigenvalue weighted by Gasteiger charge is -2.23. The smallest absolute Gasteiger partial charge is 0.159 e. The van der Waals surface area contributed by atoms with E-state index >= 15 is 0 Å². The fourth-order valence-corrected chi connectivity index (χ4v) is 3.56. The minimum absolute atomic E-state index is 0.0530. The molecule has 1 rings (SSSR count). The molecule has 0 spiro atoms. The number of allylic oxidation sites excluding steroid dienone is 5. The van der Waals surface area contributed by atoms with Crippen molar-refractivity contribution in [2.75, 3.05) is 6.61 Å². The summed E-state index contributed by atoms with van der Waals surface area (Å²) in [6.45, 7) is 5.57. The number of carbonyl (C=O) groups excluding carboxylic acids is 2. The van der Waals surface area contributed by atoms with Crippen LogP contribution < -0.4 is 0 Å². The molecule has 0 aromatic carbocycles. The summed E-state index contributed by atoms with van der Waals surface area (Å²) in [5.74, 6) is -0.0397. The summed E-state index contributed by atoms with van der Waals surface area (Å²) in [6.07, 6.45) is 21.5. The van der Waals surface area contributed by atoms with Crippen LogP contribution in [0.1, 0.15) is 71.1 Å². The minimum atomic E-state index is -0.877. The van der Waals surface area contributed by atoms with E-state index in [1.165, 1.54) is 12.8 Å². The van der Waals surface area contributed by atoms with E-state index in [1.54, 1.807) is 12.2 Å². The molecule has 0 saturated carbocycles. The molecule has 29 heavy (non-hydrogen) atoms. The summed E-state index contributed by atoms with van der Waals surface area (Å²) in [4.78, 5) is 23.2. The van der Waals surface area contributed by atoms with Crippen LogP contribution in [0.25, 0.3) is 0 Å². The molecule has 0 saturated heterocycles. The lowest BCUT2D eigenvalue weighted by molar-refractivity contribution is -0.121. The molecule has 4 nitrogen and oxygen atoms in total. The largest absolute Gasteiger partial charge is 0.389 e. The highest BCUT2D eigenvalue weighted by Gasteiger charge is 2.27. The number of rotatable bonds is 16. The summed E-state index contributed by atoms with van der Waals surface area (Å²) in [6, 6.07) is 0. The first kappa shape index (κ1) is 25.3. The Morgan fingerprint density at radius 1 is 1.21 bits per heavy atom. The molecule has 1 unspecified atom stereocenters. The van der Waals surface area contributed by atoms with Crippen molar-refractivity contribution < 1.29 is 19.8 Å². The Morgan fingerprint density at radius 2 is 2.00 bits per heavy atom. The van der Waals surface area contributed by atoms with Crippen molar-refractivity contribution >= 4 is 11.6 Å². The molecule has 162 valence electrons. The Kier molecular flexibility index (Phi) is 12.4. The molecule has 0 fully saturated rings. The molecular weight excluding hydrogens is 364 g/mol. The van der Waals surface area contributed by atoms with Gasteiger partial charge in [-0.1, -0.05) is 69.1 Å². The zero-order valence-corrected chi connectivity index (χ0v) is 17.9. The molecule has 0 amide bonds. The molecule has 3 atom stereocenters. The first-order chi connectivity index (χ1) is 14.0. The van der Waals surface area contributed by atoms with E-state index in [0.717, 1.165) is 19.3 Å². The number of carbonyl (C=O) groups is 2. The van der Waals surface area contributed by atoms with Crippen LogP contribution in [0, 0.1) is 11.8 Å². The average Bonchev–Trinajstić information content (AvgIpc) is 3.07. The Labute approximate surface area is 176 Å². The number of hydrogen-bond acceptors (Lipinski definition) is 4. The Morgan fingerprint density at radius 3 is 2.69 bits per heavy atom. The van der Waals surface area contributed by atoms with Crippen LogP contribution in [0.3, 0.4) is 0 Å². The Bertz CT molecular complexity index is 602. The van der Waals surface area contributed by atoms with Gasteiger partial charge in [0, 0.05) is 18.3 Å². The maximum atomic E-state index is 12.2. The van der Waals surface area contributed by atoms with Crippen LogP contribution in [-0.2, 0) is 9.59 Å². The lowest BCUT2D eigenvalue weighted by Crippen LogP contribution is -2.24. The third-order valence-electron chi connectivity index (χ3n) is 5.55. The van der Waals surface area contributed by atoms with E-state index in [9.17, 15) is 14.7 Å². The molecule has 2 N–H and O–H groups in total. The molecule has 0 aromatic rings. The molecule has 0 aliphatic heterocycles. The Balaban J connectivity index is 2.46. The second-order valence-corrected chi connectivity index (χ2v) is 7.99. The maximum absolute atomic E-state index is 12.2. The number of ketones is 2. The lowest BCUT2D eigenvalue weighted by atomic mass is 9.88. The maximum Gasteiger partial charge on any atom is 0.159 e. The van der Waals surface area contributed by atoms with Gasteiger partial charge in [0.2, 0.25) is 0 Å². The van der Waals surface area contributed by atoms with Gasteiger partial charge >= 0.3 is 0 Å². The van der Waals surface area contributed by atoms with Gasteiger partial charge in [-0.05, 0) is 38.2 Å². The van der Waals surface area contributed by atoms with Crippen LogP contribution in [0.4, 0.5) is 0 Å². The zero-order valence-electron chi connectivity index (χ0n) is 17.9. The zero-order chi connectivity index (χ0) is 21.5. The van der Waals surface area contributed by atoms with Gasteiger partial charge in [-0.15, -0.1) is 6.58 Å². The first-order valence-electron chi connectivity index (χ1n) is 11.0. The number of aliphatic hydroxyl groups excluding tert-OH is 1. The van der Waals surface area contributed by atoms with Gasteiger partial charge in [0.15, 0.2) is 11.6 Å². The number of unbranched alkanes of at least 4 members (excludes halogenated alkanes) is 4. The van der Waals surface area contributed by atoms with E-state index in [-0.39, 0.29) is 30.0 Å². The van der Waals surface area contributed by atoms with Crippen LogP contribution in [0.2, 0.25) is 0 Å². The van der Waals surface area contributed by atoms with E-state index in [4.69, 9.17) is 5.11 Å². The van der Waals surface area contributed by atoms with Crippen molar-refractivity contribution in [3.8, 4) is 0 Å². The van der Waals surface area contributed by atoms with Gasteiger partial charge < -0.3 is 10.2 Å². The van der Waals surface area contributed by atoms with Gasteiger partial charge in [0.1, 0.15) is 6.61 Å². The molecule has 0 heterocycles. The topological polar surface area (TPSA) is 74.6 Å². The van der Waals surface area contributed by atoms with E-state index in [2.05, 4.69) is 13.5 Å². The third-order valence-corrected chi connectivity index (χ3v) is 5.55. The van der Waals surface area contributed by atoms with Crippen molar-refractivity contribution in [2.45, 2.75) is 76.7 Å². The second kappa shape index (κ2) is 14.2.